The van der Waals surface area contributed by atoms with E-state index in [1.165, 1.54) is 10.9 Å². The molecule has 0 aliphatic rings. The summed E-state index contributed by atoms with van der Waals surface area (Å²) in [7, 11) is 0. The van der Waals surface area contributed by atoms with Crippen LogP contribution in [0.5, 0.6) is 0 Å². The first-order valence-corrected chi connectivity index (χ1v) is 9.54. The molecule has 0 aliphatic carbocycles. The number of rotatable bonds is 4. The van der Waals surface area contributed by atoms with Gasteiger partial charge >= 0.3 is 0 Å². The molecule has 0 N–H and O–H groups in total. The van der Waals surface area contributed by atoms with Crippen molar-refractivity contribution >= 4 is 16.8 Å². The largest absolute Gasteiger partial charge is 0.342 e. The quantitative estimate of drug-likeness (QED) is 0.460. The highest BCUT2D eigenvalue weighted by Crippen LogP contribution is 2.25. The lowest BCUT2D eigenvalue weighted by molar-refractivity contribution is 0.0946. The Morgan fingerprint density at radius 3 is 2.47 bits per heavy atom. The van der Waals surface area contributed by atoms with Gasteiger partial charge in [0.15, 0.2) is 5.82 Å². The third-order valence-corrected chi connectivity index (χ3v) is 5.12. The molecule has 0 fully saturated rings. The van der Waals surface area contributed by atoms with Crippen molar-refractivity contribution < 1.29 is 4.79 Å². The summed E-state index contributed by atoms with van der Waals surface area (Å²) in [4.78, 5) is 13.5. The second kappa shape index (κ2) is 7.22. The molecule has 5 rings (SSSR count). The Kier molecular flexibility index (Phi) is 4.26. The first-order chi connectivity index (χ1) is 14.8. The van der Waals surface area contributed by atoms with Gasteiger partial charge in [-0.15, -0.1) is 0 Å². The number of nitriles is 1. The molecule has 0 bridgehead atoms. The molecule has 6 nitrogen and oxygen atoms in total. The van der Waals surface area contributed by atoms with Crippen LogP contribution in [0.4, 0.5) is 0 Å². The van der Waals surface area contributed by atoms with E-state index in [2.05, 4.69) is 27.9 Å². The second-order valence-electron chi connectivity index (χ2n) is 6.97. The molecule has 144 valence electrons. The normalized spacial score (nSPS) is 10.9. The van der Waals surface area contributed by atoms with E-state index in [1.807, 2.05) is 60.8 Å². The monoisotopic (exact) mass is 391 g/mol. The zero-order valence-electron chi connectivity index (χ0n) is 16.0. The van der Waals surface area contributed by atoms with E-state index in [4.69, 9.17) is 0 Å². The number of carbonyl (C=O) groups excluding carboxylic acids is 1. The molecule has 0 spiro atoms. The van der Waals surface area contributed by atoms with Gasteiger partial charge in [0.05, 0.1) is 11.8 Å². The first-order valence-electron chi connectivity index (χ1n) is 9.54. The van der Waals surface area contributed by atoms with Crippen LogP contribution in [0.2, 0.25) is 0 Å². The van der Waals surface area contributed by atoms with Gasteiger partial charge in [-0.05, 0) is 23.8 Å². The molecule has 0 saturated carbocycles. The number of para-hydroxylation sites is 1. The molecule has 30 heavy (non-hydrogen) atoms. The fourth-order valence-electron chi connectivity index (χ4n) is 3.74. The zero-order valence-corrected chi connectivity index (χ0v) is 16.0. The Bertz CT molecular complexity index is 1380. The van der Waals surface area contributed by atoms with Crippen LogP contribution < -0.4 is 0 Å². The third-order valence-electron chi connectivity index (χ3n) is 5.12. The average Bonchev–Trinajstić information content (AvgIpc) is 3.52. The summed E-state index contributed by atoms with van der Waals surface area (Å²) < 4.78 is 5.10. The van der Waals surface area contributed by atoms with Gasteiger partial charge in [0.2, 0.25) is 0 Å². The molecule has 0 saturated heterocycles. The number of benzene rings is 2. The van der Waals surface area contributed by atoms with Gasteiger partial charge < -0.3 is 9.13 Å². The number of carbonyl (C=O) groups is 1. The number of hydrogen-bond acceptors (Lipinski definition) is 3. The lowest BCUT2D eigenvalue weighted by atomic mass is 10.1. The first kappa shape index (κ1) is 17.7. The van der Waals surface area contributed by atoms with Crippen molar-refractivity contribution in [2.45, 2.75) is 6.54 Å². The van der Waals surface area contributed by atoms with Crippen molar-refractivity contribution in [1.29, 1.82) is 5.26 Å². The molecule has 0 aliphatic heterocycles. The number of fused-ring (bicyclic) bond motifs is 1. The lowest BCUT2D eigenvalue weighted by Gasteiger charge is -2.07. The van der Waals surface area contributed by atoms with E-state index in [0.717, 1.165) is 16.5 Å². The van der Waals surface area contributed by atoms with Gasteiger partial charge in [-0.1, -0.05) is 48.5 Å². The molecule has 0 radical (unpaired) electrons. The molecular formula is C24H17N5O. The maximum absolute atomic E-state index is 13.5. The van der Waals surface area contributed by atoms with Gasteiger partial charge in [0, 0.05) is 36.0 Å². The van der Waals surface area contributed by atoms with Gasteiger partial charge in [0.25, 0.3) is 5.91 Å². The SMILES string of the molecule is N#Cc1cnn(C(=O)c2cn(Cc3ccccc3)c3ccccc23)c1-n1cccc1. The van der Waals surface area contributed by atoms with Crippen molar-refractivity contribution in [3.05, 3.63) is 108 Å². The molecule has 3 aromatic heterocycles. The maximum Gasteiger partial charge on any atom is 0.282 e. The molecule has 0 amide bonds. The van der Waals surface area contributed by atoms with E-state index in [9.17, 15) is 10.1 Å². The molecule has 0 atom stereocenters. The van der Waals surface area contributed by atoms with Gasteiger partial charge in [-0.25, -0.2) is 0 Å². The minimum atomic E-state index is -0.275. The Hall–Kier alpha value is -4.37. The summed E-state index contributed by atoms with van der Waals surface area (Å²) in [6, 6.07) is 23.8. The molecule has 6 heteroatoms. The highest BCUT2D eigenvalue weighted by Gasteiger charge is 2.22. The fourth-order valence-corrected chi connectivity index (χ4v) is 3.74. The van der Waals surface area contributed by atoms with Crippen molar-refractivity contribution in [3.8, 4) is 11.9 Å². The van der Waals surface area contributed by atoms with Crippen molar-refractivity contribution in [2.75, 3.05) is 0 Å². The number of aromatic nitrogens is 4. The van der Waals surface area contributed by atoms with E-state index in [-0.39, 0.29) is 5.91 Å². The highest BCUT2D eigenvalue weighted by atomic mass is 16.2. The van der Waals surface area contributed by atoms with Crippen LogP contribution in [-0.4, -0.2) is 24.8 Å². The van der Waals surface area contributed by atoms with Gasteiger partial charge in [-0.3, -0.25) is 4.79 Å². The van der Waals surface area contributed by atoms with Crippen LogP contribution in [-0.2, 0) is 6.54 Å². The summed E-state index contributed by atoms with van der Waals surface area (Å²) in [6.07, 6.45) is 6.88. The van der Waals surface area contributed by atoms with Crippen molar-refractivity contribution in [3.63, 3.8) is 0 Å². The zero-order chi connectivity index (χ0) is 20.5. The summed E-state index contributed by atoms with van der Waals surface area (Å²) in [5.41, 5.74) is 3.01. The lowest BCUT2D eigenvalue weighted by Crippen LogP contribution is -2.17. The van der Waals surface area contributed by atoms with E-state index in [1.54, 1.807) is 17.0 Å². The van der Waals surface area contributed by atoms with Crippen LogP contribution in [0.3, 0.4) is 0 Å². The van der Waals surface area contributed by atoms with Crippen LogP contribution in [0.1, 0.15) is 21.5 Å². The molecule has 0 unspecified atom stereocenters. The van der Waals surface area contributed by atoms with Crippen LogP contribution in [0.25, 0.3) is 16.7 Å². The Morgan fingerprint density at radius 1 is 0.967 bits per heavy atom. The van der Waals surface area contributed by atoms with Crippen LogP contribution in [0, 0.1) is 11.3 Å². The predicted octanol–water partition coefficient (Wildman–Crippen LogP) is 4.24. The minimum Gasteiger partial charge on any atom is -0.342 e. The number of nitrogens with zero attached hydrogens (tertiary/aromatic N) is 5. The predicted molar refractivity (Wildman–Crippen MR) is 113 cm³/mol. The topological polar surface area (TPSA) is 68.5 Å². The standard InChI is InChI=1S/C24H17N5O/c25-14-19-15-26-29(23(19)27-12-6-7-13-27)24(30)21-17-28(16-18-8-2-1-3-9-18)22-11-5-4-10-20(21)22/h1-13,15,17H,16H2. The second-order valence-corrected chi connectivity index (χ2v) is 6.97. The maximum atomic E-state index is 13.5. The highest BCUT2D eigenvalue weighted by molar-refractivity contribution is 6.08. The minimum absolute atomic E-state index is 0.275. The molecule has 3 heterocycles. The van der Waals surface area contributed by atoms with Gasteiger partial charge in [-0.2, -0.15) is 15.0 Å². The summed E-state index contributed by atoms with van der Waals surface area (Å²) >= 11 is 0. The van der Waals surface area contributed by atoms with E-state index >= 15 is 0 Å². The number of hydrogen-bond donors (Lipinski definition) is 0. The Labute approximate surface area is 172 Å². The molecule has 5 aromatic rings. The fraction of sp³-hybridized carbons (Fsp3) is 0.0417. The average molecular weight is 391 g/mol. The summed E-state index contributed by atoms with van der Waals surface area (Å²) in [5, 5.41) is 14.6. The van der Waals surface area contributed by atoms with Crippen LogP contribution >= 0.6 is 0 Å². The Morgan fingerprint density at radius 2 is 1.70 bits per heavy atom. The van der Waals surface area contributed by atoms with Gasteiger partial charge in [0.1, 0.15) is 11.6 Å². The van der Waals surface area contributed by atoms with E-state index in [0.29, 0.717) is 23.5 Å². The smallest absolute Gasteiger partial charge is 0.282 e. The van der Waals surface area contributed by atoms with Crippen molar-refractivity contribution in [1.82, 2.24) is 18.9 Å². The van der Waals surface area contributed by atoms with Crippen molar-refractivity contribution in [2.24, 2.45) is 0 Å². The Balaban J connectivity index is 1.64. The third kappa shape index (κ3) is 2.90. The molecular weight excluding hydrogens is 374 g/mol. The van der Waals surface area contributed by atoms with E-state index < -0.39 is 0 Å². The van der Waals surface area contributed by atoms with Crippen LogP contribution in [0.15, 0.2) is 91.5 Å². The molecule has 2 aromatic carbocycles. The summed E-state index contributed by atoms with van der Waals surface area (Å²) in [5.74, 6) is 0.163. The summed E-state index contributed by atoms with van der Waals surface area (Å²) in [6.45, 7) is 0.654.